The number of hydrogen-bond acceptors (Lipinski definition) is 2. The number of nitrogens with one attached hydrogen (secondary N) is 1. The Labute approximate surface area is 97.9 Å². The molecule has 0 saturated carbocycles. The highest BCUT2D eigenvalue weighted by atomic mass is 79.9. The van der Waals surface area contributed by atoms with Crippen LogP contribution in [0, 0.1) is 0 Å². The molecule has 0 spiro atoms. The van der Waals surface area contributed by atoms with Crippen molar-refractivity contribution in [3.63, 3.8) is 0 Å². The Bertz CT molecular complexity index is 322. The third-order valence-electron chi connectivity index (χ3n) is 1.73. The Hall–Kier alpha value is -1.03. The number of amides is 1. The number of ether oxygens (including phenoxy) is 1. The molecule has 0 aliphatic heterocycles. The molecule has 0 aliphatic carbocycles. The van der Waals surface area contributed by atoms with E-state index in [1.165, 1.54) is 0 Å². The van der Waals surface area contributed by atoms with Gasteiger partial charge in [-0.1, -0.05) is 12.1 Å². The largest absolute Gasteiger partial charge is 0.491 e. The minimum atomic E-state index is -0.204. The van der Waals surface area contributed by atoms with Crippen LogP contribution in [0.1, 0.15) is 19.4 Å². The molecule has 0 aromatic heterocycles. The summed E-state index contributed by atoms with van der Waals surface area (Å²) in [7, 11) is 0. The molecule has 0 aliphatic rings. The van der Waals surface area contributed by atoms with Crippen molar-refractivity contribution < 1.29 is 9.53 Å². The second-order valence-corrected chi connectivity index (χ2v) is 4.16. The topological polar surface area (TPSA) is 38.3 Å². The van der Waals surface area contributed by atoms with Crippen LogP contribution in [0.4, 0.5) is 4.79 Å². The second-order valence-electron chi connectivity index (χ2n) is 3.44. The number of rotatable bonds is 4. The first kappa shape index (κ1) is 12.0. The normalized spacial score (nSPS) is 10.1. The molecule has 1 aromatic rings. The van der Waals surface area contributed by atoms with Gasteiger partial charge in [0.1, 0.15) is 5.75 Å². The van der Waals surface area contributed by atoms with Gasteiger partial charge in [0, 0.05) is 22.5 Å². The van der Waals surface area contributed by atoms with Crippen molar-refractivity contribution in [1.29, 1.82) is 0 Å². The molecule has 3 nitrogen and oxygen atoms in total. The highest BCUT2D eigenvalue weighted by Gasteiger charge is 1.99. The molecule has 1 amide bonds. The van der Waals surface area contributed by atoms with Gasteiger partial charge in [0.15, 0.2) is 0 Å². The van der Waals surface area contributed by atoms with Crippen LogP contribution in [0.15, 0.2) is 24.3 Å². The Morgan fingerprint density at radius 2 is 2.00 bits per heavy atom. The van der Waals surface area contributed by atoms with Gasteiger partial charge in [-0.25, -0.2) is 0 Å². The summed E-state index contributed by atoms with van der Waals surface area (Å²) in [5.74, 6) is 0.846. The first-order chi connectivity index (χ1) is 7.08. The van der Waals surface area contributed by atoms with Gasteiger partial charge in [0.05, 0.1) is 6.10 Å². The number of carbonyl (C=O) groups excluding carboxylic acids is 1. The van der Waals surface area contributed by atoms with Gasteiger partial charge in [0.25, 0.3) is 4.82 Å². The van der Waals surface area contributed by atoms with Crippen molar-refractivity contribution in [1.82, 2.24) is 5.32 Å². The fraction of sp³-hybridized carbons (Fsp3) is 0.364. The first-order valence-electron chi connectivity index (χ1n) is 4.77. The second kappa shape index (κ2) is 5.75. The smallest absolute Gasteiger partial charge is 0.287 e. The van der Waals surface area contributed by atoms with Crippen molar-refractivity contribution in [3.05, 3.63) is 29.8 Å². The Kier molecular flexibility index (Phi) is 4.62. The maximum Gasteiger partial charge on any atom is 0.287 e. The molecule has 0 saturated heterocycles. The third-order valence-corrected chi connectivity index (χ3v) is 2.01. The molecular weight excluding hydrogens is 258 g/mol. The zero-order valence-corrected chi connectivity index (χ0v) is 10.4. The van der Waals surface area contributed by atoms with Gasteiger partial charge in [-0.3, -0.25) is 4.79 Å². The van der Waals surface area contributed by atoms with E-state index in [1.54, 1.807) is 0 Å². The summed E-state index contributed by atoms with van der Waals surface area (Å²) >= 11 is 2.80. The van der Waals surface area contributed by atoms with E-state index >= 15 is 0 Å². The summed E-state index contributed by atoms with van der Waals surface area (Å²) in [6.45, 7) is 4.49. The summed E-state index contributed by atoms with van der Waals surface area (Å²) in [6, 6.07) is 7.66. The highest BCUT2D eigenvalue weighted by Crippen LogP contribution is 2.13. The average molecular weight is 272 g/mol. The van der Waals surface area contributed by atoms with Crippen molar-refractivity contribution in [2.75, 3.05) is 0 Å². The lowest BCUT2D eigenvalue weighted by atomic mass is 10.2. The molecule has 0 heterocycles. The van der Waals surface area contributed by atoms with Crippen molar-refractivity contribution in [2.24, 2.45) is 0 Å². The number of hydrogen-bond donors (Lipinski definition) is 1. The summed E-state index contributed by atoms with van der Waals surface area (Å²) in [5.41, 5.74) is 1.04. The van der Waals surface area contributed by atoms with Crippen LogP contribution in [0.2, 0.25) is 0 Å². The average Bonchev–Trinajstić information content (AvgIpc) is 2.16. The minimum absolute atomic E-state index is 0.179. The fourth-order valence-electron chi connectivity index (χ4n) is 1.13. The SMILES string of the molecule is CC(C)Oc1ccc(CNC(=O)Br)cc1. The molecule has 4 heteroatoms. The molecule has 15 heavy (non-hydrogen) atoms. The maximum absolute atomic E-state index is 10.6. The third kappa shape index (κ3) is 4.83. The molecule has 0 radical (unpaired) electrons. The summed E-state index contributed by atoms with van der Waals surface area (Å²) in [6.07, 6.45) is 0.179. The molecular formula is C11H14BrNO2. The van der Waals surface area contributed by atoms with Gasteiger partial charge in [-0.05, 0) is 31.5 Å². The Morgan fingerprint density at radius 1 is 1.40 bits per heavy atom. The number of halogens is 1. The standard InChI is InChI=1S/C11H14BrNO2/c1-8(2)15-10-5-3-9(4-6-10)7-13-11(12)14/h3-6,8H,7H2,1-2H3,(H,13,14). The van der Waals surface area contributed by atoms with Crippen LogP contribution in [0.3, 0.4) is 0 Å². The monoisotopic (exact) mass is 271 g/mol. The van der Waals surface area contributed by atoms with E-state index in [1.807, 2.05) is 38.1 Å². The summed E-state index contributed by atoms with van der Waals surface area (Å²) in [5, 5.41) is 2.66. The molecule has 1 aromatic carbocycles. The lowest BCUT2D eigenvalue weighted by Gasteiger charge is -2.10. The maximum atomic E-state index is 10.6. The van der Waals surface area contributed by atoms with Gasteiger partial charge < -0.3 is 10.1 Å². The molecule has 0 fully saturated rings. The zero-order valence-electron chi connectivity index (χ0n) is 8.79. The van der Waals surface area contributed by atoms with Gasteiger partial charge in [0.2, 0.25) is 0 Å². The fourth-order valence-corrected chi connectivity index (χ4v) is 1.27. The van der Waals surface area contributed by atoms with E-state index in [0.717, 1.165) is 11.3 Å². The van der Waals surface area contributed by atoms with Crippen molar-refractivity contribution in [2.45, 2.75) is 26.5 Å². The quantitative estimate of drug-likeness (QED) is 0.675. The zero-order chi connectivity index (χ0) is 11.3. The van der Waals surface area contributed by atoms with E-state index in [0.29, 0.717) is 6.54 Å². The lowest BCUT2D eigenvalue weighted by molar-refractivity contribution is 0.242. The van der Waals surface area contributed by atoms with Crippen molar-refractivity contribution in [3.8, 4) is 5.75 Å². The van der Waals surface area contributed by atoms with Crippen LogP contribution >= 0.6 is 15.9 Å². The van der Waals surface area contributed by atoms with Crippen molar-refractivity contribution >= 4 is 20.7 Å². The highest BCUT2D eigenvalue weighted by molar-refractivity contribution is 9.18. The molecule has 1 N–H and O–H groups in total. The van der Waals surface area contributed by atoms with Gasteiger partial charge >= 0.3 is 0 Å². The molecule has 0 unspecified atom stereocenters. The van der Waals surface area contributed by atoms with E-state index in [9.17, 15) is 4.79 Å². The Balaban J connectivity index is 2.52. The van der Waals surface area contributed by atoms with E-state index in [4.69, 9.17) is 4.74 Å². The van der Waals surface area contributed by atoms with Crippen LogP contribution < -0.4 is 10.1 Å². The van der Waals surface area contributed by atoms with Crippen LogP contribution in [0.25, 0.3) is 0 Å². The molecule has 0 bridgehead atoms. The lowest BCUT2D eigenvalue weighted by Crippen LogP contribution is -2.14. The minimum Gasteiger partial charge on any atom is -0.491 e. The number of benzene rings is 1. The van der Waals surface area contributed by atoms with Gasteiger partial charge in [-0.15, -0.1) is 0 Å². The van der Waals surface area contributed by atoms with E-state index in [-0.39, 0.29) is 10.9 Å². The van der Waals surface area contributed by atoms with E-state index < -0.39 is 0 Å². The summed E-state index contributed by atoms with van der Waals surface area (Å²) < 4.78 is 5.50. The summed E-state index contributed by atoms with van der Waals surface area (Å²) in [4.78, 5) is 10.4. The predicted octanol–water partition coefficient (Wildman–Crippen LogP) is 3.08. The molecule has 0 atom stereocenters. The van der Waals surface area contributed by atoms with Gasteiger partial charge in [-0.2, -0.15) is 0 Å². The predicted molar refractivity (Wildman–Crippen MR) is 63.4 cm³/mol. The molecule has 82 valence electrons. The van der Waals surface area contributed by atoms with E-state index in [2.05, 4.69) is 21.2 Å². The van der Waals surface area contributed by atoms with Crippen LogP contribution in [-0.2, 0) is 6.54 Å². The first-order valence-corrected chi connectivity index (χ1v) is 5.56. The number of carbonyl (C=O) groups is 1. The molecule has 1 rings (SSSR count). The Morgan fingerprint density at radius 3 is 2.47 bits per heavy atom. The van der Waals surface area contributed by atoms with Crippen LogP contribution in [0.5, 0.6) is 5.75 Å². The van der Waals surface area contributed by atoms with Crippen LogP contribution in [-0.4, -0.2) is 10.9 Å².